The van der Waals surface area contributed by atoms with E-state index >= 15 is 0 Å². The molecule has 35 heavy (non-hydrogen) atoms. The van der Waals surface area contributed by atoms with Crippen LogP contribution in [-0.4, -0.2) is 61.8 Å². The Balaban J connectivity index is 1.64. The standard InChI is InChI=1S/C26H31N3O6/c1-3-35-26(31)28(24-12-11-22(29(32)33)19-23(24)25(30)34-2)16-8-7-15-27-17-13-21(14-18-27)20-9-5-4-6-10-20/h4-6,9-13,19H,3,7-8,14-18H2,1-2H3. The molecular formula is C26H31N3O6. The van der Waals surface area contributed by atoms with Crippen molar-refractivity contribution in [1.29, 1.82) is 0 Å². The fraction of sp³-hybridized carbons (Fsp3) is 0.385. The van der Waals surface area contributed by atoms with Crippen molar-refractivity contribution in [3.8, 4) is 0 Å². The van der Waals surface area contributed by atoms with Crippen LogP contribution in [0.1, 0.15) is 42.1 Å². The Kier molecular flexibility index (Phi) is 9.37. The smallest absolute Gasteiger partial charge is 0.414 e. The van der Waals surface area contributed by atoms with Crippen LogP contribution in [0.3, 0.4) is 0 Å². The van der Waals surface area contributed by atoms with Gasteiger partial charge in [-0.1, -0.05) is 36.4 Å². The first-order valence-electron chi connectivity index (χ1n) is 11.7. The summed E-state index contributed by atoms with van der Waals surface area (Å²) in [6.07, 6.45) is 4.15. The van der Waals surface area contributed by atoms with Crippen molar-refractivity contribution in [2.75, 3.05) is 44.8 Å². The number of carbonyl (C=O) groups is 2. The Morgan fingerprint density at radius 2 is 1.91 bits per heavy atom. The van der Waals surface area contributed by atoms with Crippen LogP contribution < -0.4 is 4.90 Å². The Labute approximate surface area is 205 Å². The first kappa shape index (κ1) is 25.9. The molecule has 2 aromatic rings. The van der Waals surface area contributed by atoms with Crippen LogP contribution in [0.2, 0.25) is 0 Å². The first-order chi connectivity index (χ1) is 16.9. The number of benzene rings is 2. The number of nitro groups is 1. The number of anilines is 1. The van der Waals surface area contributed by atoms with Gasteiger partial charge >= 0.3 is 12.1 Å². The van der Waals surface area contributed by atoms with Crippen molar-refractivity contribution in [2.24, 2.45) is 0 Å². The molecule has 1 aliphatic rings. The second-order valence-electron chi connectivity index (χ2n) is 8.15. The molecule has 1 amide bonds. The van der Waals surface area contributed by atoms with Gasteiger partial charge in [-0.3, -0.25) is 19.9 Å². The zero-order valence-electron chi connectivity index (χ0n) is 20.1. The van der Waals surface area contributed by atoms with Crippen molar-refractivity contribution in [3.05, 3.63) is 75.8 Å². The van der Waals surface area contributed by atoms with Crippen LogP contribution in [0.15, 0.2) is 54.6 Å². The number of non-ortho nitro benzene ring substituents is 1. The molecule has 2 aromatic carbocycles. The van der Waals surface area contributed by atoms with Gasteiger partial charge in [0.15, 0.2) is 0 Å². The van der Waals surface area contributed by atoms with Crippen LogP contribution in [0.25, 0.3) is 5.57 Å². The van der Waals surface area contributed by atoms with Gasteiger partial charge in [-0.15, -0.1) is 0 Å². The van der Waals surface area contributed by atoms with E-state index in [1.165, 1.54) is 35.3 Å². The zero-order chi connectivity index (χ0) is 25.2. The minimum Gasteiger partial charge on any atom is -0.465 e. The molecule has 0 fully saturated rings. The van der Waals surface area contributed by atoms with Gasteiger partial charge in [0.1, 0.15) is 0 Å². The number of methoxy groups -OCH3 is 1. The molecule has 1 aliphatic heterocycles. The van der Waals surface area contributed by atoms with Gasteiger partial charge in [0, 0.05) is 31.8 Å². The Morgan fingerprint density at radius 3 is 2.54 bits per heavy atom. The summed E-state index contributed by atoms with van der Waals surface area (Å²) in [6.45, 7) is 4.89. The minimum atomic E-state index is -0.757. The molecule has 0 saturated carbocycles. The molecule has 186 valence electrons. The quantitative estimate of drug-likeness (QED) is 0.205. The molecule has 9 nitrogen and oxygen atoms in total. The minimum absolute atomic E-state index is 0.0515. The summed E-state index contributed by atoms with van der Waals surface area (Å²) >= 11 is 0. The molecule has 1 heterocycles. The summed E-state index contributed by atoms with van der Waals surface area (Å²) in [5, 5.41) is 11.2. The monoisotopic (exact) mass is 481 g/mol. The summed E-state index contributed by atoms with van der Waals surface area (Å²) in [6, 6.07) is 14.2. The number of nitro benzene ring substituents is 1. The van der Waals surface area contributed by atoms with Crippen LogP contribution in [-0.2, 0) is 9.47 Å². The number of rotatable bonds is 10. The number of ether oxygens (including phenoxy) is 2. The third-order valence-corrected chi connectivity index (χ3v) is 5.92. The fourth-order valence-corrected chi connectivity index (χ4v) is 4.09. The number of carbonyl (C=O) groups excluding carboxylic acids is 2. The van der Waals surface area contributed by atoms with Gasteiger partial charge in [0.25, 0.3) is 5.69 Å². The van der Waals surface area contributed by atoms with Crippen molar-refractivity contribution in [3.63, 3.8) is 0 Å². The van der Waals surface area contributed by atoms with E-state index in [0.29, 0.717) is 13.0 Å². The highest BCUT2D eigenvalue weighted by Gasteiger charge is 2.25. The third kappa shape index (κ3) is 6.89. The van der Waals surface area contributed by atoms with Gasteiger partial charge in [0.2, 0.25) is 0 Å². The van der Waals surface area contributed by atoms with Gasteiger partial charge in [-0.2, -0.15) is 0 Å². The van der Waals surface area contributed by atoms with Crippen LogP contribution in [0.4, 0.5) is 16.2 Å². The molecular weight excluding hydrogens is 450 g/mol. The van der Waals surface area contributed by atoms with E-state index in [1.807, 2.05) is 18.2 Å². The highest BCUT2D eigenvalue weighted by atomic mass is 16.6. The maximum absolute atomic E-state index is 12.7. The summed E-state index contributed by atoms with van der Waals surface area (Å²) in [4.78, 5) is 39.3. The first-order valence-corrected chi connectivity index (χ1v) is 11.7. The lowest BCUT2D eigenvalue weighted by molar-refractivity contribution is -0.384. The van der Waals surface area contributed by atoms with Crippen LogP contribution in [0, 0.1) is 10.1 Å². The third-order valence-electron chi connectivity index (χ3n) is 5.92. The lowest BCUT2D eigenvalue weighted by atomic mass is 9.99. The predicted molar refractivity (Wildman–Crippen MR) is 134 cm³/mol. The van der Waals surface area contributed by atoms with E-state index in [4.69, 9.17) is 9.47 Å². The molecule has 0 spiro atoms. The number of hydrogen-bond acceptors (Lipinski definition) is 7. The lowest BCUT2D eigenvalue weighted by Crippen LogP contribution is -2.35. The van der Waals surface area contributed by atoms with Crippen molar-refractivity contribution >= 4 is 29.0 Å². The van der Waals surface area contributed by atoms with Crippen molar-refractivity contribution in [2.45, 2.75) is 26.2 Å². The predicted octanol–water partition coefficient (Wildman–Crippen LogP) is 4.91. The molecule has 0 aromatic heterocycles. The maximum atomic E-state index is 12.7. The van der Waals surface area contributed by atoms with Crippen LogP contribution >= 0.6 is 0 Å². The molecule has 0 atom stereocenters. The van der Waals surface area contributed by atoms with Gasteiger partial charge < -0.3 is 9.47 Å². The number of hydrogen-bond donors (Lipinski definition) is 0. The van der Waals surface area contributed by atoms with Gasteiger partial charge in [-0.05, 0) is 49.9 Å². The molecule has 3 rings (SSSR count). The summed E-state index contributed by atoms with van der Waals surface area (Å²) in [7, 11) is 1.19. The van der Waals surface area contributed by atoms with E-state index in [-0.39, 0.29) is 23.5 Å². The second-order valence-corrected chi connectivity index (χ2v) is 8.15. The largest absolute Gasteiger partial charge is 0.465 e. The maximum Gasteiger partial charge on any atom is 0.414 e. The molecule has 0 radical (unpaired) electrons. The number of unbranched alkanes of at least 4 members (excludes halogenated alkanes) is 1. The zero-order valence-corrected chi connectivity index (χ0v) is 20.1. The lowest BCUT2D eigenvalue weighted by Gasteiger charge is -2.27. The van der Waals surface area contributed by atoms with Crippen molar-refractivity contribution < 1.29 is 24.0 Å². The van der Waals surface area contributed by atoms with Crippen molar-refractivity contribution in [1.82, 2.24) is 4.90 Å². The number of nitrogens with zero attached hydrogens (tertiary/aromatic N) is 3. The average molecular weight is 482 g/mol. The average Bonchev–Trinajstić information content (AvgIpc) is 2.89. The molecule has 0 saturated heterocycles. The Bertz CT molecular complexity index is 1070. The fourth-order valence-electron chi connectivity index (χ4n) is 4.09. The highest BCUT2D eigenvalue weighted by Crippen LogP contribution is 2.28. The number of esters is 1. The molecule has 0 unspecified atom stereocenters. The number of amides is 1. The normalized spacial score (nSPS) is 13.6. The van der Waals surface area contributed by atoms with Gasteiger partial charge in [0.05, 0.1) is 29.9 Å². The van der Waals surface area contributed by atoms with Gasteiger partial charge in [-0.25, -0.2) is 9.59 Å². The van der Waals surface area contributed by atoms with E-state index in [0.717, 1.165) is 38.5 Å². The summed E-state index contributed by atoms with van der Waals surface area (Å²) in [5.41, 5.74) is 2.55. The molecule has 0 bridgehead atoms. The second kappa shape index (κ2) is 12.7. The summed E-state index contributed by atoms with van der Waals surface area (Å²) in [5.74, 6) is -0.757. The molecule has 0 aliphatic carbocycles. The Hall–Kier alpha value is -3.72. The molecule has 9 heteroatoms. The van der Waals surface area contributed by atoms with Crippen LogP contribution in [0.5, 0.6) is 0 Å². The highest BCUT2D eigenvalue weighted by molar-refractivity contribution is 6.01. The van der Waals surface area contributed by atoms with E-state index < -0.39 is 17.0 Å². The molecule has 0 N–H and O–H groups in total. The van der Waals surface area contributed by atoms with E-state index in [2.05, 4.69) is 23.1 Å². The van der Waals surface area contributed by atoms with E-state index in [1.54, 1.807) is 6.92 Å². The summed E-state index contributed by atoms with van der Waals surface area (Å²) < 4.78 is 9.98. The Morgan fingerprint density at radius 1 is 1.14 bits per heavy atom. The topological polar surface area (TPSA) is 102 Å². The SMILES string of the molecule is CCOC(=O)N(CCCCN1CC=C(c2ccccc2)CC1)c1ccc([N+](=O)[O-])cc1C(=O)OC. The van der Waals surface area contributed by atoms with E-state index in [9.17, 15) is 19.7 Å².